The van der Waals surface area contributed by atoms with Crippen LogP contribution in [0, 0.1) is 10.1 Å². The van der Waals surface area contributed by atoms with Gasteiger partial charge in [0.25, 0.3) is 5.69 Å². The van der Waals surface area contributed by atoms with Gasteiger partial charge in [-0.05, 0) is 18.2 Å². The predicted octanol–water partition coefficient (Wildman–Crippen LogP) is 3.98. The molecule has 0 aliphatic heterocycles. The highest BCUT2D eigenvalue weighted by Crippen LogP contribution is 2.24. The van der Waals surface area contributed by atoms with Gasteiger partial charge in [0.1, 0.15) is 17.5 Å². The number of hydrogen-bond donors (Lipinski definition) is 0. The summed E-state index contributed by atoms with van der Waals surface area (Å²) >= 11 is 8.94. The maximum Gasteiger partial charge on any atom is 0.270 e. The first-order valence-electron chi connectivity index (χ1n) is 5.23. The van der Waals surface area contributed by atoms with Gasteiger partial charge in [-0.15, -0.1) is 0 Å². The van der Waals surface area contributed by atoms with Crippen molar-refractivity contribution in [3.05, 3.63) is 61.8 Å². The Labute approximate surface area is 122 Å². The normalized spacial score (nSPS) is 10.2. The summed E-state index contributed by atoms with van der Waals surface area (Å²) in [6.45, 7) is 0.280. The number of nitro groups is 1. The quantitative estimate of drug-likeness (QED) is 0.478. The molecule has 0 N–H and O–H groups in total. The number of non-ortho nitro benzene ring substituents is 1. The lowest BCUT2D eigenvalue weighted by atomic mass is 10.2. The third-order valence-corrected chi connectivity index (χ3v) is 3.30. The largest absolute Gasteiger partial charge is 0.487 e. The molecule has 0 amide bonds. The molecule has 19 heavy (non-hydrogen) atoms. The first-order chi connectivity index (χ1) is 9.06. The van der Waals surface area contributed by atoms with Gasteiger partial charge < -0.3 is 4.74 Å². The van der Waals surface area contributed by atoms with Crippen LogP contribution in [0.3, 0.4) is 0 Å². The van der Waals surface area contributed by atoms with E-state index in [0.29, 0.717) is 15.4 Å². The fourth-order valence-corrected chi connectivity index (χ4v) is 1.97. The minimum Gasteiger partial charge on any atom is -0.487 e. The summed E-state index contributed by atoms with van der Waals surface area (Å²) in [5.41, 5.74) is 0.837. The Morgan fingerprint density at radius 2 is 2.16 bits per heavy atom. The highest BCUT2D eigenvalue weighted by Gasteiger charge is 2.09. The van der Waals surface area contributed by atoms with Gasteiger partial charge in [0.15, 0.2) is 0 Å². The number of ether oxygens (including phenoxy) is 1. The van der Waals surface area contributed by atoms with E-state index in [2.05, 4.69) is 20.9 Å². The summed E-state index contributed by atoms with van der Waals surface area (Å²) in [6, 6.07) is 7.85. The van der Waals surface area contributed by atoms with E-state index in [0.717, 1.165) is 5.56 Å². The Hall–Kier alpha value is -1.66. The fraction of sp³-hybridized carbons (Fsp3) is 0.0833. The van der Waals surface area contributed by atoms with E-state index in [1.54, 1.807) is 18.2 Å². The van der Waals surface area contributed by atoms with Crippen molar-refractivity contribution in [3.8, 4) is 5.75 Å². The Morgan fingerprint density at radius 3 is 2.74 bits per heavy atom. The zero-order chi connectivity index (χ0) is 13.8. The lowest BCUT2D eigenvalue weighted by Gasteiger charge is -2.07. The van der Waals surface area contributed by atoms with E-state index >= 15 is 0 Å². The Balaban J connectivity index is 2.07. The van der Waals surface area contributed by atoms with Crippen molar-refractivity contribution >= 4 is 33.2 Å². The second-order valence-electron chi connectivity index (χ2n) is 3.64. The topological polar surface area (TPSA) is 65.3 Å². The molecule has 0 saturated carbocycles. The van der Waals surface area contributed by atoms with Crippen LogP contribution in [-0.4, -0.2) is 9.91 Å². The van der Waals surface area contributed by atoms with Crippen LogP contribution in [0.5, 0.6) is 5.75 Å². The number of nitrogens with zero attached hydrogens (tertiary/aromatic N) is 2. The molecule has 1 aromatic heterocycles. The Morgan fingerprint density at radius 1 is 1.37 bits per heavy atom. The molecule has 0 unspecified atom stereocenters. The Kier molecular flexibility index (Phi) is 4.34. The standard InChI is InChI=1S/C12H8BrClN2O3/c13-11-5-9(16(17)18)2-1-8(11)7-19-10-3-4-12(14)15-6-10/h1-6H,7H2. The van der Waals surface area contributed by atoms with E-state index in [1.807, 2.05) is 0 Å². The number of pyridine rings is 1. The molecule has 0 aliphatic carbocycles. The van der Waals surface area contributed by atoms with Gasteiger partial charge in [-0.2, -0.15) is 0 Å². The highest BCUT2D eigenvalue weighted by atomic mass is 79.9. The third-order valence-electron chi connectivity index (χ3n) is 2.34. The van der Waals surface area contributed by atoms with E-state index in [-0.39, 0.29) is 12.3 Å². The maximum atomic E-state index is 10.6. The zero-order valence-corrected chi connectivity index (χ0v) is 11.9. The summed E-state index contributed by atoms with van der Waals surface area (Å²) in [5, 5.41) is 11.0. The molecular weight excluding hydrogens is 336 g/mol. The average Bonchev–Trinajstić information content (AvgIpc) is 2.39. The average molecular weight is 344 g/mol. The van der Waals surface area contributed by atoms with Crippen LogP contribution >= 0.6 is 27.5 Å². The molecule has 0 radical (unpaired) electrons. The molecule has 5 nitrogen and oxygen atoms in total. The zero-order valence-electron chi connectivity index (χ0n) is 9.55. The number of hydrogen-bond acceptors (Lipinski definition) is 4. The van der Waals surface area contributed by atoms with Crippen molar-refractivity contribution in [3.63, 3.8) is 0 Å². The lowest BCUT2D eigenvalue weighted by molar-refractivity contribution is -0.384. The van der Waals surface area contributed by atoms with E-state index in [4.69, 9.17) is 16.3 Å². The second kappa shape index (κ2) is 5.99. The minimum atomic E-state index is -0.446. The predicted molar refractivity (Wildman–Crippen MR) is 74.4 cm³/mol. The van der Waals surface area contributed by atoms with Crippen LogP contribution in [0.4, 0.5) is 5.69 Å². The molecule has 1 heterocycles. The summed E-state index contributed by atoms with van der Waals surface area (Å²) in [5.74, 6) is 0.578. The summed E-state index contributed by atoms with van der Waals surface area (Å²) in [6.07, 6.45) is 1.52. The van der Waals surface area contributed by atoms with Crippen molar-refractivity contribution in [1.82, 2.24) is 4.98 Å². The van der Waals surface area contributed by atoms with Crippen LogP contribution < -0.4 is 4.74 Å². The molecule has 0 fully saturated rings. The van der Waals surface area contributed by atoms with Crippen molar-refractivity contribution in [2.45, 2.75) is 6.61 Å². The molecule has 2 rings (SSSR count). The van der Waals surface area contributed by atoms with Gasteiger partial charge in [0, 0.05) is 22.2 Å². The van der Waals surface area contributed by atoms with Gasteiger partial charge in [-0.25, -0.2) is 4.98 Å². The van der Waals surface area contributed by atoms with Gasteiger partial charge in [-0.3, -0.25) is 10.1 Å². The van der Waals surface area contributed by atoms with Crippen LogP contribution in [-0.2, 0) is 6.61 Å². The molecule has 0 bridgehead atoms. The maximum absolute atomic E-state index is 10.6. The third kappa shape index (κ3) is 3.65. The molecule has 98 valence electrons. The minimum absolute atomic E-state index is 0.0313. The van der Waals surface area contributed by atoms with Gasteiger partial charge in [0.2, 0.25) is 0 Å². The van der Waals surface area contributed by atoms with Crippen molar-refractivity contribution in [1.29, 1.82) is 0 Å². The molecule has 7 heteroatoms. The second-order valence-corrected chi connectivity index (χ2v) is 4.88. The lowest BCUT2D eigenvalue weighted by Crippen LogP contribution is -1.98. The molecule has 0 aliphatic rings. The molecule has 0 saturated heterocycles. The number of aromatic nitrogens is 1. The summed E-state index contributed by atoms with van der Waals surface area (Å²) in [4.78, 5) is 14.1. The van der Waals surface area contributed by atoms with E-state index < -0.39 is 4.92 Å². The van der Waals surface area contributed by atoms with E-state index in [1.165, 1.54) is 18.3 Å². The van der Waals surface area contributed by atoms with Crippen LogP contribution in [0.2, 0.25) is 5.15 Å². The van der Waals surface area contributed by atoms with Gasteiger partial charge in [0.05, 0.1) is 11.1 Å². The van der Waals surface area contributed by atoms with Crippen molar-refractivity contribution < 1.29 is 9.66 Å². The van der Waals surface area contributed by atoms with E-state index in [9.17, 15) is 10.1 Å². The molecule has 0 atom stereocenters. The van der Waals surface area contributed by atoms with Crippen LogP contribution in [0.15, 0.2) is 41.0 Å². The number of benzene rings is 1. The SMILES string of the molecule is O=[N+]([O-])c1ccc(COc2ccc(Cl)nc2)c(Br)c1. The first-order valence-corrected chi connectivity index (χ1v) is 6.40. The van der Waals surface area contributed by atoms with Crippen molar-refractivity contribution in [2.75, 3.05) is 0 Å². The number of rotatable bonds is 4. The highest BCUT2D eigenvalue weighted by molar-refractivity contribution is 9.10. The Bertz CT molecular complexity index is 604. The van der Waals surface area contributed by atoms with Crippen LogP contribution in [0.25, 0.3) is 0 Å². The monoisotopic (exact) mass is 342 g/mol. The fourth-order valence-electron chi connectivity index (χ4n) is 1.38. The summed E-state index contributed by atoms with van der Waals surface area (Å²) in [7, 11) is 0. The van der Waals surface area contributed by atoms with Gasteiger partial charge >= 0.3 is 0 Å². The van der Waals surface area contributed by atoms with Crippen molar-refractivity contribution in [2.24, 2.45) is 0 Å². The summed E-state index contributed by atoms with van der Waals surface area (Å²) < 4.78 is 6.14. The van der Waals surface area contributed by atoms with Gasteiger partial charge in [-0.1, -0.05) is 27.5 Å². The number of nitro benzene ring substituents is 1. The first kappa shape index (κ1) is 13.8. The molecular formula is C12H8BrClN2O3. The molecule has 0 spiro atoms. The molecule has 2 aromatic rings. The number of halogens is 2. The molecule has 1 aromatic carbocycles. The smallest absolute Gasteiger partial charge is 0.270 e. The van der Waals surface area contributed by atoms with Crippen LogP contribution in [0.1, 0.15) is 5.56 Å².